The number of carboxylic acid groups (broad SMARTS) is 1. The Bertz CT molecular complexity index is 2190. The van der Waals surface area contributed by atoms with E-state index in [9.17, 15) is 53.4 Å². The smallest absolute Gasteiger partial charge is 0.326 e. The van der Waals surface area contributed by atoms with E-state index in [0.29, 0.717) is 77.4 Å². The Balaban J connectivity index is 6.44. The Hall–Kier alpha value is -4.46. The van der Waals surface area contributed by atoms with Gasteiger partial charge in [-0.2, -0.15) is 11.8 Å². The molecule has 0 aliphatic heterocycles. The van der Waals surface area contributed by atoms with Gasteiger partial charge in [0.05, 0.1) is 18.7 Å². The summed E-state index contributed by atoms with van der Waals surface area (Å²) in [7, 11) is 0. The highest BCUT2D eigenvalue weighted by Crippen LogP contribution is 2.21. The van der Waals surface area contributed by atoms with E-state index in [1.807, 2.05) is 0 Å². The highest BCUT2D eigenvalue weighted by atomic mass is 32.2. The molecule has 0 aromatic heterocycles. The molecule has 105 heavy (non-hydrogen) atoms. The van der Waals surface area contributed by atoms with Gasteiger partial charge in [0.15, 0.2) is 5.78 Å². The number of esters is 2. The van der Waals surface area contributed by atoms with Gasteiger partial charge in [-0.15, -0.1) is 0 Å². The SMILES string of the molecule is CCCCCCCCCCCCCCCC(=O)N[C@@H](CSCC(COC(=O)CCCCCCCCCCCCCCC)OC(=O)CCCCCCCCCCCCCCC)C(=O)N[C@@H](CO)C(=O)N[C@@H](CCCCN)C(=O)C(CN)CCC(N)C(=O)N[C@@H](CCCCN)C(=O)N[C@@H](CCCCN)C(=O)O. The van der Waals surface area contributed by atoms with Crippen molar-refractivity contribution < 1.29 is 62.8 Å². The van der Waals surface area contributed by atoms with Crippen LogP contribution in [0.15, 0.2) is 0 Å². The number of thioether (sulfide) groups is 1. The molecule has 614 valence electrons. The van der Waals surface area contributed by atoms with E-state index in [0.717, 1.165) is 64.2 Å². The number of aliphatic carboxylic acids is 1. The quantitative estimate of drug-likeness (QED) is 0.0199. The maximum Gasteiger partial charge on any atom is 0.326 e. The van der Waals surface area contributed by atoms with E-state index in [2.05, 4.69) is 47.4 Å². The van der Waals surface area contributed by atoms with Crippen molar-refractivity contribution >= 4 is 65.0 Å². The van der Waals surface area contributed by atoms with Crippen LogP contribution < -0.4 is 55.3 Å². The standard InChI is InChI=1S/C81H156N10O13S/c1-4-7-10-13-16-19-22-25-28-31-34-37-40-52-73(93)87-72(64-105-63-66(104-75(95)54-42-39-36-33-30-27-24-21-18-15-12-9-6-3)62-103-74(94)53-41-38-35-32-29-26-23-20-17-14-11-8-5-2)80(100)91-71(61-92)79(99)88-68(49-43-46-57-82)76(96)65(60-85)55-56-67(86)77(97)89-69(50-44-47-58-83)78(98)90-70(81(101)102)51-45-48-59-84/h65-72,92H,4-64,82-86H2,1-3H3,(H,87,93)(H,88,99)(H,89,97)(H,90,98)(H,91,100)(H,101,102)/t65?,66?,67?,68-,69-,70-,71-,72-/m0/s1. The average molecular weight is 1510 g/mol. The van der Waals surface area contributed by atoms with Crippen molar-refractivity contribution in [3.63, 3.8) is 0 Å². The monoisotopic (exact) mass is 1510 g/mol. The number of carboxylic acids is 1. The highest BCUT2D eigenvalue weighted by molar-refractivity contribution is 7.99. The maximum absolute atomic E-state index is 14.5. The van der Waals surface area contributed by atoms with Gasteiger partial charge in [0.2, 0.25) is 29.5 Å². The second-order valence-electron chi connectivity index (χ2n) is 29.6. The Morgan fingerprint density at radius 2 is 0.714 bits per heavy atom. The van der Waals surface area contributed by atoms with Crippen LogP contribution in [0, 0.1) is 5.92 Å². The second-order valence-corrected chi connectivity index (χ2v) is 30.6. The fourth-order valence-corrected chi connectivity index (χ4v) is 14.0. The summed E-state index contributed by atoms with van der Waals surface area (Å²) in [6.45, 7) is 6.43. The molecule has 0 saturated heterocycles. The van der Waals surface area contributed by atoms with E-state index < -0.39 is 96.2 Å². The number of hydrogen-bond acceptors (Lipinski definition) is 18. The Morgan fingerprint density at radius 3 is 1.12 bits per heavy atom. The number of carbonyl (C=O) groups excluding carboxylic acids is 8. The molecule has 5 amide bonds. The molecule has 0 bridgehead atoms. The number of rotatable bonds is 78. The molecule has 23 nitrogen and oxygen atoms in total. The minimum absolute atomic E-state index is 0.000557. The number of nitrogens with one attached hydrogen (secondary N) is 5. The number of amides is 5. The minimum Gasteiger partial charge on any atom is -0.480 e. The maximum atomic E-state index is 14.5. The lowest BCUT2D eigenvalue weighted by molar-refractivity contribution is -0.157. The molecule has 0 spiro atoms. The first kappa shape index (κ1) is 101. The van der Waals surface area contributed by atoms with Crippen LogP contribution in [0.5, 0.6) is 0 Å². The van der Waals surface area contributed by atoms with Crippen LogP contribution in [0.2, 0.25) is 0 Å². The van der Waals surface area contributed by atoms with Crippen LogP contribution in [-0.4, -0.2) is 157 Å². The number of Topliss-reactive ketones (excluding diaryl/α,β-unsaturated/α-hetero) is 1. The summed E-state index contributed by atoms with van der Waals surface area (Å²) in [4.78, 5) is 123. The van der Waals surface area contributed by atoms with Gasteiger partial charge in [-0.25, -0.2) is 4.79 Å². The predicted octanol–water partition coefficient (Wildman–Crippen LogP) is 12.8. The zero-order valence-electron chi connectivity index (χ0n) is 66.4. The van der Waals surface area contributed by atoms with Crippen LogP contribution in [0.1, 0.15) is 361 Å². The first-order valence-electron chi connectivity index (χ1n) is 42.3. The van der Waals surface area contributed by atoms with Gasteiger partial charge in [0.1, 0.15) is 36.9 Å². The van der Waals surface area contributed by atoms with Crippen LogP contribution in [0.3, 0.4) is 0 Å². The molecule has 8 atom stereocenters. The molecule has 0 rings (SSSR count). The van der Waals surface area contributed by atoms with E-state index in [1.165, 1.54) is 179 Å². The molecule has 17 N–H and O–H groups in total. The summed E-state index contributed by atoms with van der Waals surface area (Å²) in [5.74, 6) is -6.81. The number of hydrogen-bond donors (Lipinski definition) is 12. The normalized spacial score (nSPS) is 13.7. The van der Waals surface area contributed by atoms with Crippen molar-refractivity contribution in [2.24, 2.45) is 34.6 Å². The lowest BCUT2D eigenvalue weighted by atomic mass is 9.89. The summed E-state index contributed by atoms with van der Waals surface area (Å²) >= 11 is 1.21. The number of nitrogens with two attached hydrogens (primary N) is 5. The van der Waals surface area contributed by atoms with E-state index in [-0.39, 0.29) is 87.9 Å². The Kier molecular flexibility index (Phi) is 69.3. The summed E-state index contributed by atoms with van der Waals surface area (Å²) in [5.41, 5.74) is 29.7. The molecule has 0 heterocycles. The highest BCUT2D eigenvalue weighted by Gasteiger charge is 2.34. The molecular formula is C81H156N10O13S. The predicted molar refractivity (Wildman–Crippen MR) is 427 cm³/mol. The first-order valence-corrected chi connectivity index (χ1v) is 43.5. The number of ketones is 1. The summed E-state index contributed by atoms with van der Waals surface area (Å²) in [5, 5.41) is 34.0. The van der Waals surface area contributed by atoms with Crippen LogP contribution in [0.25, 0.3) is 0 Å². The third-order valence-corrected chi connectivity index (χ3v) is 21.0. The summed E-state index contributed by atoms with van der Waals surface area (Å²) in [6, 6.07) is -7.54. The zero-order chi connectivity index (χ0) is 77.6. The number of carbonyl (C=O) groups is 9. The van der Waals surface area contributed by atoms with Crippen molar-refractivity contribution in [2.75, 3.05) is 50.9 Å². The van der Waals surface area contributed by atoms with Gasteiger partial charge in [0.25, 0.3) is 0 Å². The fourth-order valence-electron chi connectivity index (χ4n) is 13.0. The summed E-state index contributed by atoms with van der Waals surface area (Å²) < 4.78 is 11.8. The van der Waals surface area contributed by atoms with Crippen LogP contribution in [0.4, 0.5) is 0 Å². The van der Waals surface area contributed by atoms with Gasteiger partial charge >= 0.3 is 17.9 Å². The number of unbranched alkanes of at least 4 members (excludes halogenated alkanes) is 39. The molecule has 0 fully saturated rings. The van der Waals surface area contributed by atoms with Gasteiger partial charge in [-0.05, 0) is 110 Å². The van der Waals surface area contributed by atoms with E-state index in [1.54, 1.807) is 0 Å². The largest absolute Gasteiger partial charge is 0.480 e. The molecule has 0 aromatic carbocycles. The molecule has 0 radical (unpaired) electrons. The van der Waals surface area contributed by atoms with E-state index >= 15 is 0 Å². The van der Waals surface area contributed by atoms with Gasteiger partial charge in [0, 0.05) is 43.2 Å². The Morgan fingerprint density at radius 1 is 0.362 bits per heavy atom. The Labute approximate surface area is 640 Å². The van der Waals surface area contributed by atoms with Gasteiger partial charge < -0.3 is 74.9 Å². The molecule has 0 aromatic rings. The zero-order valence-corrected chi connectivity index (χ0v) is 67.2. The van der Waals surface area contributed by atoms with Crippen LogP contribution >= 0.6 is 11.8 Å². The number of aliphatic hydroxyl groups excluding tert-OH is 1. The average Bonchev–Trinajstić information content (AvgIpc) is 0.874. The van der Waals surface area contributed by atoms with Crippen molar-refractivity contribution in [2.45, 2.75) is 403 Å². The van der Waals surface area contributed by atoms with Gasteiger partial charge in [-0.1, -0.05) is 252 Å². The fraction of sp³-hybridized carbons (Fsp3) is 0.889. The van der Waals surface area contributed by atoms with Crippen molar-refractivity contribution in [3.8, 4) is 0 Å². The van der Waals surface area contributed by atoms with Crippen molar-refractivity contribution in [1.29, 1.82) is 0 Å². The van der Waals surface area contributed by atoms with E-state index in [4.69, 9.17) is 38.1 Å². The molecule has 0 saturated carbocycles. The lowest BCUT2D eigenvalue weighted by Gasteiger charge is -2.27. The lowest BCUT2D eigenvalue weighted by Crippen LogP contribution is -2.58. The topological polar surface area (TPSA) is 403 Å². The molecular weight excluding hydrogens is 1350 g/mol. The van der Waals surface area contributed by atoms with Crippen molar-refractivity contribution in [3.05, 3.63) is 0 Å². The minimum atomic E-state index is -1.58. The third kappa shape index (κ3) is 58.2. The van der Waals surface area contributed by atoms with Gasteiger partial charge in [-0.3, -0.25) is 38.4 Å². The third-order valence-electron chi connectivity index (χ3n) is 19.9. The second kappa shape index (κ2) is 72.4. The first-order chi connectivity index (χ1) is 51.0. The molecule has 0 aliphatic rings. The summed E-state index contributed by atoms with van der Waals surface area (Å²) in [6.07, 6.45) is 48.1. The van der Waals surface area contributed by atoms with Crippen molar-refractivity contribution in [1.82, 2.24) is 26.6 Å². The molecule has 24 heteroatoms. The number of aliphatic hydroxyl groups is 1. The molecule has 3 unspecified atom stereocenters. The van der Waals surface area contributed by atoms with Crippen LogP contribution in [-0.2, 0) is 52.6 Å². The molecule has 0 aliphatic carbocycles. The number of ether oxygens (including phenoxy) is 2.